The molecule has 0 radical (unpaired) electrons. The summed E-state index contributed by atoms with van der Waals surface area (Å²) in [6, 6.07) is 5.66. The van der Waals surface area contributed by atoms with E-state index in [0.29, 0.717) is 9.90 Å². The normalized spacial score (nSPS) is 10.0. The lowest BCUT2D eigenvalue weighted by molar-refractivity contribution is 0.103. The van der Waals surface area contributed by atoms with Gasteiger partial charge in [-0.1, -0.05) is 11.6 Å². The van der Waals surface area contributed by atoms with Gasteiger partial charge in [-0.2, -0.15) is 5.26 Å². The van der Waals surface area contributed by atoms with E-state index in [-0.39, 0.29) is 11.3 Å². The molecular weight excluding hydrogens is 287 g/mol. The number of anilines is 1. The van der Waals surface area contributed by atoms with Crippen LogP contribution in [0.5, 0.6) is 0 Å². The summed E-state index contributed by atoms with van der Waals surface area (Å²) < 4.78 is 13.6. The Kier molecular flexibility index (Phi) is 3.84. The second kappa shape index (κ2) is 5.39. The summed E-state index contributed by atoms with van der Waals surface area (Å²) in [6.07, 6.45) is 0. The van der Waals surface area contributed by atoms with Gasteiger partial charge in [0.2, 0.25) is 0 Å². The van der Waals surface area contributed by atoms with Crippen molar-refractivity contribution in [3.05, 3.63) is 50.4 Å². The molecule has 19 heavy (non-hydrogen) atoms. The molecule has 1 amide bonds. The molecule has 96 valence electrons. The Morgan fingerprint density at radius 1 is 1.53 bits per heavy atom. The van der Waals surface area contributed by atoms with Crippen molar-refractivity contribution in [2.24, 2.45) is 0 Å². The Balaban J connectivity index is 2.25. The third-order valence-corrected chi connectivity index (χ3v) is 4.15. The van der Waals surface area contributed by atoms with Gasteiger partial charge in [0.15, 0.2) is 0 Å². The van der Waals surface area contributed by atoms with E-state index in [1.54, 1.807) is 12.3 Å². The van der Waals surface area contributed by atoms with E-state index >= 15 is 0 Å². The van der Waals surface area contributed by atoms with E-state index < -0.39 is 11.7 Å². The number of nitrogens with zero attached hydrogens (tertiary/aromatic N) is 1. The fraction of sp³-hybridized carbons (Fsp3) is 0.0769. The zero-order chi connectivity index (χ0) is 14.0. The molecule has 3 nitrogen and oxygen atoms in total. The molecule has 0 atom stereocenters. The van der Waals surface area contributed by atoms with E-state index in [1.807, 2.05) is 6.07 Å². The number of aryl methyl sites for hydroxylation is 1. The first-order chi connectivity index (χ1) is 9.02. The molecule has 0 aliphatic heterocycles. The number of rotatable bonds is 2. The molecule has 2 aromatic rings. The van der Waals surface area contributed by atoms with Crippen molar-refractivity contribution >= 4 is 34.5 Å². The highest BCUT2D eigenvalue weighted by atomic mass is 35.5. The highest BCUT2D eigenvalue weighted by Crippen LogP contribution is 2.28. The summed E-state index contributed by atoms with van der Waals surface area (Å²) in [7, 11) is 0. The summed E-state index contributed by atoms with van der Waals surface area (Å²) in [5.74, 6) is -1.12. The average molecular weight is 295 g/mol. The summed E-state index contributed by atoms with van der Waals surface area (Å²) in [5.41, 5.74) is 1.02. The van der Waals surface area contributed by atoms with Crippen LogP contribution in [0.25, 0.3) is 0 Å². The maximum Gasteiger partial charge on any atom is 0.267 e. The molecule has 0 saturated heterocycles. The minimum atomic E-state index is -0.656. The topological polar surface area (TPSA) is 52.9 Å². The van der Waals surface area contributed by atoms with Crippen molar-refractivity contribution in [1.29, 1.82) is 5.26 Å². The second-order valence-electron chi connectivity index (χ2n) is 3.82. The van der Waals surface area contributed by atoms with Crippen LogP contribution in [0.3, 0.4) is 0 Å². The minimum Gasteiger partial charge on any atom is -0.319 e. The van der Waals surface area contributed by atoms with Crippen LogP contribution in [0.1, 0.15) is 20.8 Å². The summed E-state index contributed by atoms with van der Waals surface area (Å²) in [5, 5.41) is 13.2. The van der Waals surface area contributed by atoms with Crippen molar-refractivity contribution in [2.45, 2.75) is 6.92 Å². The van der Waals surface area contributed by atoms with Crippen LogP contribution in [0, 0.1) is 24.1 Å². The monoisotopic (exact) mass is 294 g/mol. The standard InChI is InChI=1S/C13H8ClFN2OS/c1-7-6-19-12(11(7)14)13(18)17-10-3-2-8(5-16)4-9(10)15/h2-4,6H,1H3,(H,17,18). The second-order valence-corrected chi connectivity index (χ2v) is 5.08. The lowest BCUT2D eigenvalue weighted by Gasteiger charge is -2.05. The SMILES string of the molecule is Cc1csc(C(=O)Nc2ccc(C#N)cc2F)c1Cl. The Morgan fingerprint density at radius 3 is 2.79 bits per heavy atom. The number of amides is 1. The Labute approximate surface area is 118 Å². The molecule has 1 aromatic carbocycles. The van der Waals surface area contributed by atoms with Gasteiger partial charge in [-0.15, -0.1) is 11.3 Å². The van der Waals surface area contributed by atoms with Crippen LogP contribution in [-0.4, -0.2) is 5.91 Å². The Hall–Kier alpha value is -1.90. The van der Waals surface area contributed by atoms with E-state index in [2.05, 4.69) is 5.32 Å². The highest BCUT2D eigenvalue weighted by Gasteiger charge is 2.16. The van der Waals surface area contributed by atoms with Crippen molar-refractivity contribution in [2.75, 3.05) is 5.32 Å². The number of carbonyl (C=O) groups is 1. The van der Waals surface area contributed by atoms with Crippen LogP contribution in [0.2, 0.25) is 5.02 Å². The molecule has 0 saturated carbocycles. The van der Waals surface area contributed by atoms with Crippen LogP contribution in [0.4, 0.5) is 10.1 Å². The maximum atomic E-state index is 13.6. The zero-order valence-corrected chi connectivity index (χ0v) is 11.4. The molecule has 0 unspecified atom stereocenters. The number of nitrogens with one attached hydrogen (secondary N) is 1. The fourth-order valence-electron chi connectivity index (χ4n) is 1.45. The van der Waals surface area contributed by atoms with Crippen LogP contribution in [0.15, 0.2) is 23.6 Å². The predicted octanol–water partition coefficient (Wildman–Crippen LogP) is 3.97. The van der Waals surface area contributed by atoms with Crippen molar-refractivity contribution in [3.63, 3.8) is 0 Å². The number of hydrogen-bond acceptors (Lipinski definition) is 3. The molecule has 6 heteroatoms. The molecule has 0 aliphatic rings. The van der Waals surface area contributed by atoms with Gasteiger partial charge in [-0.25, -0.2) is 4.39 Å². The van der Waals surface area contributed by atoms with Gasteiger partial charge in [0.05, 0.1) is 22.3 Å². The first-order valence-electron chi connectivity index (χ1n) is 5.27. The fourth-order valence-corrected chi connectivity index (χ4v) is 2.62. The van der Waals surface area contributed by atoms with Gasteiger partial charge in [-0.05, 0) is 36.1 Å². The summed E-state index contributed by atoms with van der Waals surface area (Å²) >= 11 is 7.17. The molecule has 1 aromatic heterocycles. The van der Waals surface area contributed by atoms with Gasteiger partial charge < -0.3 is 5.32 Å². The number of carbonyl (C=O) groups excluding carboxylic acids is 1. The van der Waals surface area contributed by atoms with Crippen molar-refractivity contribution in [3.8, 4) is 6.07 Å². The van der Waals surface area contributed by atoms with Gasteiger partial charge in [0, 0.05) is 0 Å². The molecule has 0 fully saturated rings. The first-order valence-corrected chi connectivity index (χ1v) is 6.53. The van der Waals surface area contributed by atoms with E-state index in [4.69, 9.17) is 16.9 Å². The Morgan fingerprint density at radius 2 is 2.26 bits per heavy atom. The van der Waals surface area contributed by atoms with Gasteiger partial charge in [0.1, 0.15) is 10.7 Å². The van der Waals surface area contributed by atoms with Crippen LogP contribution < -0.4 is 5.32 Å². The third kappa shape index (κ3) is 2.75. The van der Waals surface area contributed by atoms with Crippen molar-refractivity contribution in [1.82, 2.24) is 0 Å². The molecule has 0 spiro atoms. The number of nitriles is 1. The lowest BCUT2D eigenvalue weighted by atomic mass is 10.2. The van der Waals surface area contributed by atoms with Gasteiger partial charge in [-0.3, -0.25) is 4.79 Å². The van der Waals surface area contributed by atoms with Crippen LogP contribution in [-0.2, 0) is 0 Å². The maximum absolute atomic E-state index is 13.6. The number of halogens is 2. The van der Waals surface area contributed by atoms with Crippen LogP contribution >= 0.6 is 22.9 Å². The van der Waals surface area contributed by atoms with E-state index in [0.717, 1.165) is 11.6 Å². The molecular formula is C13H8ClFN2OS. The largest absolute Gasteiger partial charge is 0.319 e. The highest BCUT2D eigenvalue weighted by molar-refractivity contribution is 7.13. The minimum absolute atomic E-state index is 0.0196. The smallest absolute Gasteiger partial charge is 0.267 e. The third-order valence-electron chi connectivity index (χ3n) is 2.45. The number of hydrogen-bond donors (Lipinski definition) is 1. The quantitative estimate of drug-likeness (QED) is 0.911. The van der Waals surface area contributed by atoms with E-state index in [9.17, 15) is 9.18 Å². The van der Waals surface area contributed by atoms with Crippen molar-refractivity contribution < 1.29 is 9.18 Å². The summed E-state index contributed by atoms with van der Waals surface area (Å²) in [6.45, 7) is 1.79. The number of thiophene rings is 1. The molecule has 1 N–H and O–H groups in total. The van der Waals surface area contributed by atoms with Gasteiger partial charge in [0.25, 0.3) is 5.91 Å². The first kappa shape index (κ1) is 13.5. The number of benzene rings is 1. The molecule has 0 aliphatic carbocycles. The summed E-state index contributed by atoms with van der Waals surface area (Å²) in [4.78, 5) is 12.3. The molecule has 0 bridgehead atoms. The molecule has 2 rings (SSSR count). The average Bonchev–Trinajstić information content (AvgIpc) is 2.72. The lowest BCUT2D eigenvalue weighted by Crippen LogP contribution is -2.12. The van der Waals surface area contributed by atoms with Gasteiger partial charge >= 0.3 is 0 Å². The van der Waals surface area contributed by atoms with E-state index in [1.165, 1.54) is 23.5 Å². The molecule has 1 heterocycles. The Bertz CT molecular complexity index is 690. The zero-order valence-electron chi connectivity index (χ0n) is 9.83. The predicted molar refractivity (Wildman–Crippen MR) is 73.1 cm³/mol.